The molecule has 0 aliphatic heterocycles. The lowest BCUT2D eigenvalue weighted by molar-refractivity contribution is 0.192. The Morgan fingerprint density at radius 2 is 0.829 bits per heavy atom. The highest BCUT2D eigenvalue weighted by molar-refractivity contribution is 5.87. The van der Waals surface area contributed by atoms with Gasteiger partial charge in [0.2, 0.25) is 0 Å². The van der Waals surface area contributed by atoms with Crippen molar-refractivity contribution in [2.75, 3.05) is 52.9 Å². The Morgan fingerprint density at radius 3 is 1.24 bits per heavy atom. The molecule has 4 aromatic rings. The smallest absolute Gasteiger partial charge is 0.127 e. The summed E-state index contributed by atoms with van der Waals surface area (Å²) in [6, 6.07) is 27.5. The predicted octanol–water partition coefficient (Wildman–Crippen LogP) is 3.53. The van der Waals surface area contributed by atoms with E-state index in [0.29, 0.717) is 23.0 Å². The van der Waals surface area contributed by atoms with Crippen LogP contribution in [0.4, 0.5) is 0 Å². The summed E-state index contributed by atoms with van der Waals surface area (Å²) in [6.45, 7) is -0.222. The van der Waals surface area contributed by atoms with Gasteiger partial charge in [0.1, 0.15) is 49.4 Å². The molecule has 0 radical (unpaired) electrons. The minimum atomic E-state index is -0.923. The number of hydrogen-bond acceptors (Lipinski definition) is 8. The highest BCUT2D eigenvalue weighted by Gasteiger charge is 2.49. The van der Waals surface area contributed by atoms with Gasteiger partial charge >= 0.3 is 0 Å². The predicted molar refractivity (Wildman–Crippen MR) is 154 cm³/mol. The van der Waals surface area contributed by atoms with Gasteiger partial charge in [-0.25, -0.2) is 0 Å². The summed E-state index contributed by atoms with van der Waals surface area (Å²) in [5.41, 5.74) is 4.83. The number of aliphatic hydroxyl groups excluding tert-OH is 4. The van der Waals surface area contributed by atoms with Crippen LogP contribution in [0.2, 0.25) is 0 Å². The molecule has 1 aliphatic rings. The second-order valence-electron chi connectivity index (χ2n) is 9.45. The van der Waals surface area contributed by atoms with Crippen LogP contribution in [0.15, 0.2) is 84.9 Å². The van der Waals surface area contributed by atoms with Crippen molar-refractivity contribution in [3.8, 4) is 34.1 Å². The normalized spacial score (nSPS) is 12.9. The van der Waals surface area contributed by atoms with Crippen molar-refractivity contribution < 1.29 is 39.4 Å². The van der Waals surface area contributed by atoms with Gasteiger partial charge in [0.05, 0.1) is 31.8 Å². The largest absolute Gasteiger partial charge is 0.491 e. The fraction of sp³-hybridized carbons (Fsp3) is 0.273. The zero-order chi connectivity index (χ0) is 28.7. The maximum Gasteiger partial charge on any atom is 0.127 e. The number of aliphatic hydroxyl groups is 4. The van der Waals surface area contributed by atoms with E-state index in [1.165, 1.54) is 0 Å². The quantitative estimate of drug-likeness (QED) is 0.164. The second kappa shape index (κ2) is 13.1. The number of rotatable bonds is 14. The van der Waals surface area contributed by atoms with Crippen LogP contribution in [-0.4, -0.2) is 73.3 Å². The average Bonchev–Trinajstić information content (AvgIpc) is 3.31. The Kier molecular flexibility index (Phi) is 9.06. The van der Waals surface area contributed by atoms with Gasteiger partial charge in [0.15, 0.2) is 0 Å². The van der Waals surface area contributed by atoms with Crippen molar-refractivity contribution >= 4 is 0 Å². The highest BCUT2D eigenvalue weighted by Crippen LogP contribution is 2.59. The van der Waals surface area contributed by atoms with Crippen LogP contribution in [0, 0.1) is 0 Å². The first-order valence-electron chi connectivity index (χ1n) is 13.6. The van der Waals surface area contributed by atoms with Crippen LogP contribution in [0.25, 0.3) is 11.1 Å². The van der Waals surface area contributed by atoms with Crippen molar-refractivity contribution in [3.05, 3.63) is 107 Å². The van der Waals surface area contributed by atoms with E-state index in [4.69, 9.17) is 18.9 Å². The van der Waals surface area contributed by atoms with Crippen LogP contribution >= 0.6 is 0 Å². The van der Waals surface area contributed by atoms with Crippen molar-refractivity contribution in [1.29, 1.82) is 0 Å². The minimum Gasteiger partial charge on any atom is -0.491 e. The lowest BCUT2D eigenvalue weighted by atomic mass is 9.67. The molecular weight excluding hydrogens is 524 g/mol. The first kappa shape index (κ1) is 28.4. The fourth-order valence-corrected chi connectivity index (χ4v) is 5.64. The third kappa shape index (κ3) is 5.35. The van der Waals surface area contributed by atoms with Crippen LogP contribution in [-0.2, 0) is 5.41 Å². The number of hydrogen-bond donors (Lipinski definition) is 4. The summed E-state index contributed by atoms with van der Waals surface area (Å²) < 4.78 is 23.8. The zero-order valence-corrected chi connectivity index (χ0v) is 22.7. The Balaban J connectivity index is 1.85. The molecule has 0 saturated heterocycles. The molecule has 8 heteroatoms. The average molecular weight is 559 g/mol. The van der Waals surface area contributed by atoms with E-state index in [2.05, 4.69) is 24.3 Å². The zero-order valence-electron chi connectivity index (χ0n) is 22.7. The van der Waals surface area contributed by atoms with Crippen molar-refractivity contribution in [2.24, 2.45) is 0 Å². The molecule has 5 rings (SSSR count). The number of fused-ring (bicyclic) bond motifs is 3. The van der Waals surface area contributed by atoms with Crippen LogP contribution in [0.3, 0.4) is 0 Å². The first-order chi connectivity index (χ1) is 20.2. The van der Waals surface area contributed by atoms with E-state index in [0.717, 1.165) is 33.4 Å². The lowest BCUT2D eigenvalue weighted by Crippen LogP contribution is -2.30. The summed E-state index contributed by atoms with van der Waals surface area (Å²) in [5, 5.41) is 38.0. The van der Waals surface area contributed by atoms with Gasteiger partial charge in [0.25, 0.3) is 0 Å². The van der Waals surface area contributed by atoms with Gasteiger partial charge in [-0.3, -0.25) is 0 Å². The first-order valence-corrected chi connectivity index (χ1v) is 13.6. The molecule has 0 heterocycles. The van der Waals surface area contributed by atoms with Gasteiger partial charge in [0, 0.05) is 23.3 Å². The van der Waals surface area contributed by atoms with Crippen molar-refractivity contribution in [3.63, 3.8) is 0 Å². The number of ether oxygens (including phenoxy) is 4. The molecule has 0 fully saturated rings. The van der Waals surface area contributed by atoms with Crippen molar-refractivity contribution in [1.82, 2.24) is 0 Å². The Morgan fingerprint density at radius 1 is 0.439 bits per heavy atom. The van der Waals surface area contributed by atoms with E-state index >= 15 is 0 Å². The molecule has 0 bridgehead atoms. The van der Waals surface area contributed by atoms with E-state index in [1.807, 2.05) is 48.5 Å². The summed E-state index contributed by atoms with van der Waals surface area (Å²) >= 11 is 0. The van der Waals surface area contributed by atoms with E-state index < -0.39 is 5.41 Å². The molecule has 0 amide bonds. The molecule has 0 unspecified atom stereocenters. The van der Waals surface area contributed by atoms with Gasteiger partial charge in [-0.1, -0.05) is 60.7 Å². The van der Waals surface area contributed by atoms with Crippen LogP contribution in [0.5, 0.6) is 23.0 Å². The van der Waals surface area contributed by atoms with Gasteiger partial charge < -0.3 is 39.4 Å². The lowest BCUT2D eigenvalue weighted by Gasteiger charge is -2.36. The monoisotopic (exact) mass is 558 g/mol. The summed E-state index contributed by atoms with van der Waals surface area (Å²) in [6.07, 6.45) is 0. The summed E-state index contributed by atoms with van der Waals surface area (Å²) in [5.74, 6) is 2.06. The SMILES string of the molecule is OCCOc1ccc(C2(c3ccc(OCCO)cc3OCCO)c3ccccc3-c3ccccc32)c(OCCO)c1. The molecule has 0 atom stereocenters. The topological polar surface area (TPSA) is 118 Å². The Hall–Kier alpha value is -4.08. The maximum atomic E-state index is 9.67. The highest BCUT2D eigenvalue weighted by atomic mass is 16.5. The molecule has 1 aliphatic carbocycles. The molecule has 0 spiro atoms. The molecular formula is C33H34O8. The van der Waals surface area contributed by atoms with E-state index in [1.54, 1.807) is 12.1 Å². The van der Waals surface area contributed by atoms with Crippen LogP contribution < -0.4 is 18.9 Å². The molecule has 4 N–H and O–H groups in total. The molecule has 0 aromatic heterocycles. The Labute approximate surface area is 239 Å². The van der Waals surface area contributed by atoms with Gasteiger partial charge in [-0.2, -0.15) is 0 Å². The molecule has 41 heavy (non-hydrogen) atoms. The third-order valence-corrected chi connectivity index (χ3v) is 7.08. The molecule has 4 aromatic carbocycles. The minimum absolute atomic E-state index is 0.0671. The second-order valence-corrected chi connectivity index (χ2v) is 9.45. The molecule has 214 valence electrons. The van der Waals surface area contributed by atoms with E-state index in [-0.39, 0.29) is 52.9 Å². The third-order valence-electron chi connectivity index (χ3n) is 7.08. The standard InChI is InChI=1S/C33H34O8/c34-13-17-38-23-9-11-29(31(21-23)40-19-15-36)33(27-7-3-1-5-25(27)26-6-2-4-8-28(26)33)30-12-10-24(39-18-14-35)22-32(30)41-20-16-37/h1-12,21-22,34-37H,13-20H2. The van der Waals surface area contributed by atoms with E-state index in [9.17, 15) is 20.4 Å². The van der Waals surface area contributed by atoms with Gasteiger partial charge in [-0.15, -0.1) is 0 Å². The Bertz CT molecular complexity index is 1360. The van der Waals surface area contributed by atoms with Crippen molar-refractivity contribution in [2.45, 2.75) is 5.41 Å². The maximum absolute atomic E-state index is 9.67. The fourth-order valence-electron chi connectivity index (χ4n) is 5.64. The number of benzene rings is 4. The molecule has 8 nitrogen and oxygen atoms in total. The summed E-state index contributed by atoms with van der Waals surface area (Å²) in [4.78, 5) is 0. The van der Waals surface area contributed by atoms with Crippen LogP contribution in [0.1, 0.15) is 22.3 Å². The van der Waals surface area contributed by atoms with Gasteiger partial charge in [-0.05, 0) is 34.4 Å². The summed E-state index contributed by atoms with van der Waals surface area (Å²) in [7, 11) is 0. The molecule has 0 saturated carbocycles.